The Balaban J connectivity index is 1.56. The van der Waals surface area contributed by atoms with E-state index in [4.69, 9.17) is 4.52 Å². The van der Waals surface area contributed by atoms with Crippen molar-refractivity contribution >= 4 is 11.6 Å². The lowest BCUT2D eigenvalue weighted by molar-refractivity contribution is -0.117. The molecule has 5 heteroatoms. The number of hydrogen-bond acceptors (Lipinski definition) is 4. The van der Waals surface area contributed by atoms with E-state index in [-0.39, 0.29) is 11.8 Å². The Morgan fingerprint density at radius 1 is 1.12 bits per heavy atom. The van der Waals surface area contributed by atoms with E-state index in [0.717, 1.165) is 16.8 Å². The molecule has 0 spiro atoms. The molecule has 0 N–H and O–H groups in total. The van der Waals surface area contributed by atoms with E-state index in [1.165, 1.54) is 0 Å². The summed E-state index contributed by atoms with van der Waals surface area (Å²) in [6.07, 6.45) is 0.393. The molecule has 5 nitrogen and oxygen atoms in total. The van der Waals surface area contributed by atoms with Crippen LogP contribution in [0.5, 0.6) is 0 Å². The molecule has 1 aliphatic rings. The summed E-state index contributed by atoms with van der Waals surface area (Å²) in [5.41, 5.74) is 2.96. The van der Waals surface area contributed by atoms with E-state index in [1.54, 1.807) is 4.90 Å². The van der Waals surface area contributed by atoms with Crippen molar-refractivity contribution in [3.8, 4) is 11.4 Å². The van der Waals surface area contributed by atoms with E-state index in [0.29, 0.717) is 24.7 Å². The monoisotopic (exact) mass is 319 g/mol. The predicted molar refractivity (Wildman–Crippen MR) is 90.6 cm³/mol. The third kappa shape index (κ3) is 2.69. The lowest BCUT2D eigenvalue weighted by atomic mass is 10.1. The van der Waals surface area contributed by atoms with Crippen LogP contribution in [0.25, 0.3) is 11.4 Å². The summed E-state index contributed by atoms with van der Waals surface area (Å²) in [4.78, 5) is 18.7. The fourth-order valence-electron chi connectivity index (χ4n) is 3.02. The molecule has 3 aromatic rings. The van der Waals surface area contributed by atoms with Crippen molar-refractivity contribution in [2.24, 2.45) is 0 Å². The van der Waals surface area contributed by atoms with Crippen molar-refractivity contribution in [1.82, 2.24) is 10.1 Å². The molecule has 1 atom stereocenters. The lowest BCUT2D eigenvalue weighted by Crippen LogP contribution is -2.24. The molecule has 1 amide bonds. The zero-order valence-corrected chi connectivity index (χ0v) is 13.3. The van der Waals surface area contributed by atoms with E-state index >= 15 is 0 Å². The van der Waals surface area contributed by atoms with Crippen LogP contribution in [0, 0.1) is 6.92 Å². The minimum atomic E-state index is -0.0667. The molecule has 0 saturated carbocycles. The second kappa shape index (κ2) is 5.92. The Kier molecular flexibility index (Phi) is 3.61. The highest BCUT2D eigenvalue weighted by Gasteiger charge is 2.35. The van der Waals surface area contributed by atoms with Crippen LogP contribution >= 0.6 is 0 Å². The first kappa shape index (κ1) is 14.6. The highest BCUT2D eigenvalue weighted by molar-refractivity contribution is 5.96. The topological polar surface area (TPSA) is 59.2 Å². The molecule has 1 saturated heterocycles. The highest BCUT2D eigenvalue weighted by atomic mass is 16.5. The van der Waals surface area contributed by atoms with E-state index in [2.05, 4.69) is 10.1 Å². The Labute approximate surface area is 139 Å². The fraction of sp³-hybridized carbons (Fsp3) is 0.211. The molecule has 0 radical (unpaired) electrons. The molecule has 0 aliphatic carbocycles. The largest absolute Gasteiger partial charge is 0.339 e. The van der Waals surface area contributed by atoms with Gasteiger partial charge in [0.25, 0.3) is 0 Å². The average Bonchev–Trinajstić information content (AvgIpc) is 3.22. The summed E-state index contributed by atoms with van der Waals surface area (Å²) < 4.78 is 5.42. The minimum absolute atomic E-state index is 0.0667. The molecular formula is C19H17N3O2. The van der Waals surface area contributed by atoms with Gasteiger partial charge in [-0.15, -0.1) is 0 Å². The Hall–Kier alpha value is -2.95. The summed E-state index contributed by atoms with van der Waals surface area (Å²) in [7, 11) is 0. The van der Waals surface area contributed by atoms with Gasteiger partial charge in [-0.25, -0.2) is 0 Å². The lowest BCUT2D eigenvalue weighted by Gasteiger charge is -2.16. The molecule has 1 aromatic heterocycles. The predicted octanol–water partition coefficient (Wildman–Crippen LogP) is 3.57. The first-order chi connectivity index (χ1) is 11.7. The Bertz CT molecular complexity index is 873. The van der Waals surface area contributed by atoms with Gasteiger partial charge in [-0.05, 0) is 24.6 Å². The van der Waals surface area contributed by atoms with Gasteiger partial charge >= 0.3 is 0 Å². The summed E-state index contributed by atoms with van der Waals surface area (Å²) in [6, 6.07) is 17.6. The number of aromatic nitrogens is 2. The van der Waals surface area contributed by atoms with Gasteiger partial charge in [0.15, 0.2) is 0 Å². The van der Waals surface area contributed by atoms with Gasteiger partial charge in [0.1, 0.15) is 0 Å². The SMILES string of the molecule is Cc1cccc(N2CC(c3nc(-c4ccccc4)no3)CC2=O)c1. The van der Waals surface area contributed by atoms with Gasteiger partial charge in [-0.1, -0.05) is 47.6 Å². The third-order valence-electron chi connectivity index (χ3n) is 4.26. The molecule has 0 bridgehead atoms. The average molecular weight is 319 g/mol. The summed E-state index contributed by atoms with van der Waals surface area (Å²) in [5.74, 6) is 1.11. The first-order valence-corrected chi connectivity index (χ1v) is 7.97. The van der Waals surface area contributed by atoms with Crippen LogP contribution in [0.15, 0.2) is 59.1 Å². The Morgan fingerprint density at radius 3 is 2.75 bits per heavy atom. The van der Waals surface area contributed by atoms with Gasteiger partial charge < -0.3 is 9.42 Å². The molecule has 2 aromatic carbocycles. The number of carbonyl (C=O) groups excluding carboxylic acids is 1. The van der Waals surface area contributed by atoms with Gasteiger partial charge in [-0.3, -0.25) is 4.79 Å². The van der Waals surface area contributed by atoms with Crippen LogP contribution in [0.4, 0.5) is 5.69 Å². The number of hydrogen-bond donors (Lipinski definition) is 0. The van der Waals surface area contributed by atoms with Crippen LogP contribution < -0.4 is 4.90 Å². The van der Waals surface area contributed by atoms with Gasteiger partial charge in [-0.2, -0.15) is 4.98 Å². The van der Waals surface area contributed by atoms with Crippen molar-refractivity contribution in [3.05, 3.63) is 66.1 Å². The summed E-state index contributed by atoms with van der Waals surface area (Å²) in [5, 5.41) is 4.05. The number of anilines is 1. The van der Waals surface area contributed by atoms with Gasteiger partial charge in [0.2, 0.25) is 17.6 Å². The maximum absolute atomic E-state index is 12.4. The summed E-state index contributed by atoms with van der Waals surface area (Å²) in [6.45, 7) is 2.59. The molecule has 1 fully saturated rings. The first-order valence-electron chi connectivity index (χ1n) is 7.97. The van der Waals surface area contributed by atoms with Crippen LogP contribution in [0.2, 0.25) is 0 Å². The molecule has 120 valence electrons. The van der Waals surface area contributed by atoms with Crippen LogP contribution in [-0.4, -0.2) is 22.6 Å². The normalized spacial score (nSPS) is 17.5. The van der Waals surface area contributed by atoms with Crippen molar-refractivity contribution in [3.63, 3.8) is 0 Å². The van der Waals surface area contributed by atoms with Gasteiger partial charge in [0, 0.05) is 24.2 Å². The third-order valence-corrected chi connectivity index (χ3v) is 4.26. The number of benzene rings is 2. The van der Waals surface area contributed by atoms with Gasteiger partial charge in [0.05, 0.1) is 5.92 Å². The summed E-state index contributed by atoms with van der Waals surface area (Å²) >= 11 is 0. The van der Waals surface area contributed by atoms with Crippen molar-refractivity contribution in [2.75, 3.05) is 11.4 Å². The van der Waals surface area contributed by atoms with Crippen molar-refractivity contribution < 1.29 is 9.32 Å². The quantitative estimate of drug-likeness (QED) is 0.740. The van der Waals surface area contributed by atoms with E-state index in [9.17, 15) is 4.79 Å². The standard InChI is InChI=1S/C19H17N3O2/c1-13-6-5-9-16(10-13)22-12-15(11-17(22)23)19-20-18(21-24-19)14-7-3-2-4-8-14/h2-10,15H,11-12H2,1H3. The number of rotatable bonds is 3. The highest BCUT2D eigenvalue weighted by Crippen LogP contribution is 2.32. The number of carbonyl (C=O) groups is 1. The molecule has 1 aliphatic heterocycles. The Morgan fingerprint density at radius 2 is 1.96 bits per heavy atom. The van der Waals surface area contributed by atoms with Crippen molar-refractivity contribution in [1.29, 1.82) is 0 Å². The van der Waals surface area contributed by atoms with Crippen LogP contribution in [0.1, 0.15) is 23.8 Å². The maximum Gasteiger partial charge on any atom is 0.232 e. The van der Waals surface area contributed by atoms with E-state index in [1.807, 2.05) is 61.5 Å². The smallest absolute Gasteiger partial charge is 0.232 e. The number of aryl methyl sites for hydroxylation is 1. The molecule has 2 heterocycles. The second-order valence-electron chi connectivity index (χ2n) is 6.07. The minimum Gasteiger partial charge on any atom is -0.339 e. The molecular weight excluding hydrogens is 302 g/mol. The molecule has 1 unspecified atom stereocenters. The van der Waals surface area contributed by atoms with Crippen LogP contribution in [-0.2, 0) is 4.79 Å². The maximum atomic E-state index is 12.4. The second-order valence-corrected chi connectivity index (χ2v) is 6.07. The molecule has 24 heavy (non-hydrogen) atoms. The zero-order valence-electron chi connectivity index (χ0n) is 13.3. The van der Waals surface area contributed by atoms with E-state index < -0.39 is 0 Å². The molecule has 4 rings (SSSR count). The number of nitrogens with zero attached hydrogens (tertiary/aromatic N) is 3. The van der Waals surface area contributed by atoms with Crippen LogP contribution in [0.3, 0.4) is 0 Å². The number of amides is 1. The zero-order chi connectivity index (χ0) is 16.5. The van der Waals surface area contributed by atoms with Crippen molar-refractivity contribution in [2.45, 2.75) is 19.3 Å². The fourth-order valence-corrected chi connectivity index (χ4v) is 3.02.